The van der Waals surface area contributed by atoms with E-state index in [4.69, 9.17) is 28.4 Å². The van der Waals surface area contributed by atoms with E-state index in [9.17, 15) is 9.90 Å². The second kappa shape index (κ2) is 16.4. The summed E-state index contributed by atoms with van der Waals surface area (Å²) in [5.74, 6) is 0.686. The van der Waals surface area contributed by atoms with Crippen molar-refractivity contribution in [1.29, 1.82) is 0 Å². The molecule has 1 N–H and O–H groups in total. The van der Waals surface area contributed by atoms with Crippen LogP contribution < -0.4 is 14.2 Å². The van der Waals surface area contributed by atoms with Gasteiger partial charge in [-0.3, -0.25) is 0 Å². The van der Waals surface area contributed by atoms with Gasteiger partial charge < -0.3 is 33.5 Å². The zero-order valence-electron chi connectivity index (χ0n) is 20.8. The second-order valence-corrected chi connectivity index (χ2v) is 7.56. The fraction of sp³-hybridized carbons (Fsp3) is 0.444. The topological polar surface area (TPSA) is 92.7 Å². The minimum atomic E-state index is -1.12. The molecule has 0 aliphatic carbocycles. The van der Waals surface area contributed by atoms with Crippen molar-refractivity contribution in [2.45, 2.75) is 33.1 Å². The van der Waals surface area contributed by atoms with Crippen LogP contribution in [0.25, 0.3) is 6.08 Å². The molecule has 0 aliphatic heterocycles. The van der Waals surface area contributed by atoms with Crippen LogP contribution in [0.2, 0.25) is 0 Å². The summed E-state index contributed by atoms with van der Waals surface area (Å²) in [4.78, 5) is 11.4. The number of carbonyl (C=O) groups is 1. The molecule has 0 saturated carbocycles. The summed E-state index contributed by atoms with van der Waals surface area (Å²) in [5.41, 5.74) is 1.77. The highest BCUT2D eigenvalue weighted by Crippen LogP contribution is 2.30. The average molecular weight is 489 g/mol. The largest absolute Gasteiger partial charge is 0.490 e. The third-order valence-corrected chi connectivity index (χ3v) is 4.84. The lowest BCUT2D eigenvalue weighted by Crippen LogP contribution is -2.08. The fourth-order valence-electron chi connectivity index (χ4n) is 2.99. The Hall–Kier alpha value is -3.23. The lowest BCUT2D eigenvalue weighted by atomic mass is 10.1. The van der Waals surface area contributed by atoms with Crippen molar-refractivity contribution in [3.05, 3.63) is 59.4 Å². The van der Waals surface area contributed by atoms with Gasteiger partial charge in [0, 0.05) is 13.5 Å². The van der Waals surface area contributed by atoms with E-state index in [1.54, 1.807) is 32.2 Å². The third-order valence-electron chi connectivity index (χ3n) is 4.84. The molecular formula is C27H36O8. The molecule has 0 atom stereocenters. The highest BCUT2D eigenvalue weighted by Gasteiger charge is 2.11. The third kappa shape index (κ3) is 10.7. The quantitative estimate of drug-likeness (QED) is 0.136. The van der Waals surface area contributed by atoms with Crippen LogP contribution in [-0.4, -0.2) is 58.0 Å². The molecule has 0 saturated heterocycles. The molecule has 8 nitrogen and oxygen atoms in total. The molecule has 2 aromatic rings. The van der Waals surface area contributed by atoms with E-state index in [1.165, 1.54) is 6.08 Å². The molecule has 0 amide bonds. The molecule has 0 aliphatic rings. The van der Waals surface area contributed by atoms with E-state index in [2.05, 4.69) is 6.92 Å². The van der Waals surface area contributed by atoms with E-state index >= 15 is 0 Å². The van der Waals surface area contributed by atoms with Gasteiger partial charge in [-0.15, -0.1) is 0 Å². The Kier molecular flexibility index (Phi) is 13.1. The molecule has 192 valence electrons. The SMILES string of the molecule is CCCCOc1cc(/C=C(/OCC)C(=O)O)ccc1OCCc1ccc(OCOCCOC)cc1. The van der Waals surface area contributed by atoms with Crippen molar-refractivity contribution in [1.82, 2.24) is 0 Å². The molecule has 2 aromatic carbocycles. The number of methoxy groups -OCH3 is 1. The predicted molar refractivity (Wildman–Crippen MR) is 133 cm³/mol. The van der Waals surface area contributed by atoms with Gasteiger partial charge in [-0.05, 0) is 54.8 Å². The van der Waals surface area contributed by atoms with Gasteiger partial charge in [-0.2, -0.15) is 0 Å². The number of carboxylic acids is 1. The summed E-state index contributed by atoms with van der Waals surface area (Å²) >= 11 is 0. The normalized spacial score (nSPS) is 11.2. The van der Waals surface area contributed by atoms with Crippen LogP contribution in [0.5, 0.6) is 17.2 Å². The highest BCUT2D eigenvalue weighted by molar-refractivity contribution is 5.90. The Bertz CT molecular complexity index is 908. The Morgan fingerprint density at radius 3 is 2.37 bits per heavy atom. The summed E-state index contributed by atoms with van der Waals surface area (Å²) in [6, 6.07) is 13.1. The van der Waals surface area contributed by atoms with Crippen LogP contribution in [-0.2, 0) is 25.4 Å². The van der Waals surface area contributed by atoms with Crippen molar-refractivity contribution < 1.29 is 38.3 Å². The Labute approximate surface area is 207 Å². The first-order valence-corrected chi connectivity index (χ1v) is 11.8. The Morgan fingerprint density at radius 2 is 1.69 bits per heavy atom. The Balaban J connectivity index is 1.96. The van der Waals surface area contributed by atoms with Crippen LogP contribution in [0.15, 0.2) is 48.2 Å². The highest BCUT2D eigenvalue weighted by atomic mass is 16.7. The summed E-state index contributed by atoms with van der Waals surface area (Å²) < 4.78 is 32.9. The fourth-order valence-corrected chi connectivity index (χ4v) is 2.99. The monoisotopic (exact) mass is 488 g/mol. The van der Waals surface area contributed by atoms with E-state index < -0.39 is 5.97 Å². The second-order valence-electron chi connectivity index (χ2n) is 7.56. The maximum absolute atomic E-state index is 11.4. The number of aliphatic carboxylic acids is 1. The number of hydrogen-bond acceptors (Lipinski definition) is 7. The molecule has 0 unspecified atom stereocenters. The van der Waals surface area contributed by atoms with Gasteiger partial charge >= 0.3 is 5.97 Å². The minimum Gasteiger partial charge on any atom is -0.490 e. The zero-order chi connectivity index (χ0) is 25.3. The van der Waals surface area contributed by atoms with Gasteiger partial charge in [0.1, 0.15) is 5.75 Å². The zero-order valence-corrected chi connectivity index (χ0v) is 20.8. The maximum atomic E-state index is 11.4. The molecule has 0 fully saturated rings. The summed E-state index contributed by atoms with van der Waals surface area (Å²) in [6.07, 6.45) is 4.09. The molecular weight excluding hydrogens is 452 g/mol. The van der Waals surface area contributed by atoms with Gasteiger partial charge in [0.15, 0.2) is 18.3 Å². The van der Waals surface area contributed by atoms with Gasteiger partial charge in [-0.1, -0.05) is 31.5 Å². The van der Waals surface area contributed by atoms with Crippen molar-refractivity contribution in [3.63, 3.8) is 0 Å². The lowest BCUT2D eigenvalue weighted by molar-refractivity contribution is -0.136. The minimum absolute atomic E-state index is 0.116. The number of ether oxygens (including phenoxy) is 6. The van der Waals surface area contributed by atoms with Crippen LogP contribution in [0.3, 0.4) is 0 Å². The lowest BCUT2D eigenvalue weighted by Gasteiger charge is -2.14. The van der Waals surface area contributed by atoms with E-state index in [1.807, 2.05) is 24.3 Å². The van der Waals surface area contributed by atoms with Gasteiger partial charge in [0.25, 0.3) is 0 Å². The number of carboxylic acid groups (broad SMARTS) is 1. The number of unbranched alkanes of at least 4 members (excludes halogenated alkanes) is 1. The number of hydrogen-bond donors (Lipinski definition) is 1. The van der Waals surface area contributed by atoms with Crippen LogP contribution in [0, 0.1) is 0 Å². The summed E-state index contributed by atoms with van der Waals surface area (Å²) in [7, 11) is 1.63. The maximum Gasteiger partial charge on any atom is 0.371 e. The van der Waals surface area contributed by atoms with Crippen LogP contribution >= 0.6 is 0 Å². The molecule has 8 heteroatoms. The summed E-state index contributed by atoms with van der Waals surface area (Å²) in [5, 5.41) is 9.31. The molecule has 0 bridgehead atoms. The van der Waals surface area contributed by atoms with Gasteiger partial charge in [0.2, 0.25) is 5.76 Å². The van der Waals surface area contributed by atoms with E-state index in [0.29, 0.717) is 49.9 Å². The first kappa shape index (κ1) is 28.0. The van der Waals surface area contributed by atoms with E-state index in [-0.39, 0.29) is 19.2 Å². The average Bonchev–Trinajstić information content (AvgIpc) is 2.86. The van der Waals surface area contributed by atoms with Crippen molar-refractivity contribution >= 4 is 12.0 Å². The number of benzene rings is 2. The molecule has 0 spiro atoms. The standard InChI is InChI=1S/C27H36O8/c1-4-6-14-33-25-18-22(19-26(27(28)29)32-5-2)9-12-24(25)34-15-13-21-7-10-23(11-8-21)35-20-31-17-16-30-3/h7-12,18-19H,4-6,13-17,20H2,1-3H3,(H,28,29)/b26-19+. The molecule has 0 aromatic heterocycles. The smallest absolute Gasteiger partial charge is 0.371 e. The number of rotatable bonds is 18. The van der Waals surface area contributed by atoms with Crippen molar-refractivity contribution in [2.24, 2.45) is 0 Å². The predicted octanol–water partition coefficient (Wildman–Crippen LogP) is 4.95. The van der Waals surface area contributed by atoms with Gasteiger partial charge in [-0.25, -0.2) is 4.79 Å². The molecule has 35 heavy (non-hydrogen) atoms. The molecule has 0 radical (unpaired) electrons. The van der Waals surface area contributed by atoms with E-state index in [0.717, 1.165) is 24.2 Å². The first-order chi connectivity index (χ1) is 17.1. The molecule has 0 heterocycles. The van der Waals surface area contributed by atoms with Crippen molar-refractivity contribution in [3.8, 4) is 17.2 Å². The van der Waals surface area contributed by atoms with Crippen LogP contribution in [0.4, 0.5) is 0 Å². The van der Waals surface area contributed by atoms with Crippen molar-refractivity contribution in [2.75, 3.05) is 46.9 Å². The Morgan fingerprint density at radius 1 is 0.914 bits per heavy atom. The summed E-state index contributed by atoms with van der Waals surface area (Å²) in [6.45, 7) is 6.31. The van der Waals surface area contributed by atoms with Gasteiger partial charge in [0.05, 0.1) is 33.0 Å². The van der Waals surface area contributed by atoms with Crippen LogP contribution in [0.1, 0.15) is 37.8 Å². The molecule has 2 rings (SSSR count). The first-order valence-electron chi connectivity index (χ1n) is 11.8.